The fraction of sp³-hybridized carbons (Fsp3) is 0.941. The highest BCUT2D eigenvalue weighted by atomic mass is 16.6. The molecule has 118 valence electrons. The van der Waals surface area contributed by atoms with Gasteiger partial charge in [0.15, 0.2) is 0 Å². The van der Waals surface area contributed by atoms with Gasteiger partial charge in [-0.25, -0.2) is 0 Å². The quantitative estimate of drug-likeness (QED) is 0.281. The topological polar surface area (TPSA) is 38.8 Å². The third-order valence-corrected chi connectivity index (χ3v) is 3.95. The van der Waals surface area contributed by atoms with Crippen LogP contribution in [0.15, 0.2) is 0 Å². The second kappa shape index (κ2) is 11.1. The molecule has 0 N–H and O–H groups in total. The Balaban J connectivity index is 1.83. The largest absolute Gasteiger partial charge is 0.466 e. The van der Waals surface area contributed by atoms with E-state index in [0.717, 1.165) is 12.8 Å². The standard InChI is InChI=1S/C17H32O3/c1-3-5-6-7-8-9-10-12-15-16(20-15)13-11-14-17(18)19-4-2/h15-16H,3-14H2,1-2H3. The van der Waals surface area contributed by atoms with Crippen molar-refractivity contribution in [1.82, 2.24) is 0 Å². The van der Waals surface area contributed by atoms with Crippen molar-refractivity contribution >= 4 is 5.97 Å². The van der Waals surface area contributed by atoms with E-state index in [0.29, 0.717) is 25.2 Å². The van der Waals surface area contributed by atoms with E-state index in [1.54, 1.807) is 0 Å². The van der Waals surface area contributed by atoms with Gasteiger partial charge in [-0.15, -0.1) is 0 Å². The van der Waals surface area contributed by atoms with Crippen LogP contribution in [0.3, 0.4) is 0 Å². The van der Waals surface area contributed by atoms with Gasteiger partial charge in [-0.05, 0) is 26.2 Å². The Bertz CT molecular complexity index is 253. The molecule has 20 heavy (non-hydrogen) atoms. The molecular weight excluding hydrogens is 252 g/mol. The van der Waals surface area contributed by atoms with Crippen molar-refractivity contribution in [1.29, 1.82) is 0 Å². The van der Waals surface area contributed by atoms with Gasteiger partial charge in [0.1, 0.15) is 0 Å². The first-order valence-corrected chi connectivity index (χ1v) is 8.59. The van der Waals surface area contributed by atoms with E-state index in [1.165, 1.54) is 51.4 Å². The number of hydrogen-bond donors (Lipinski definition) is 0. The Kier molecular flexibility index (Phi) is 9.73. The van der Waals surface area contributed by atoms with Crippen LogP contribution in [-0.2, 0) is 14.3 Å². The van der Waals surface area contributed by atoms with Crippen LogP contribution in [0, 0.1) is 0 Å². The summed E-state index contributed by atoms with van der Waals surface area (Å²) in [7, 11) is 0. The molecule has 0 aromatic carbocycles. The number of esters is 1. The number of rotatable bonds is 13. The zero-order valence-corrected chi connectivity index (χ0v) is 13.4. The molecule has 0 bridgehead atoms. The Hall–Kier alpha value is -0.570. The Labute approximate surface area is 124 Å². The second-order valence-corrected chi connectivity index (χ2v) is 5.82. The zero-order chi connectivity index (χ0) is 14.6. The molecule has 0 radical (unpaired) electrons. The lowest BCUT2D eigenvalue weighted by atomic mass is 10.0. The van der Waals surface area contributed by atoms with E-state index in [9.17, 15) is 4.79 Å². The van der Waals surface area contributed by atoms with Gasteiger partial charge in [0, 0.05) is 6.42 Å². The molecule has 0 amide bonds. The molecule has 1 fully saturated rings. The van der Waals surface area contributed by atoms with Gasteiger partial charge in [0.2, 0.25) is 0 Å². The molecule has 0 spiro atoms. The molecule has 0 aliphatic carbocycles. The zero-order valence-electron chi connectivity index (χ0n) is 13.4. The van der Waals surface area contributed by atoms with Gasteiger partial charge >= 0.3 is 5.97 Å². The van der Waals surface area contributed by atoms with E-state index in [1.807, 2.05) is 6.92 Å². The highest BCUT2D eigenvalue weighted by molar-refractivity contribution is 5.69. The van der Waals surface area contributed by atoms with Crippen LogP contribution in [0.25, 0.3) is 0 Å². The Morgan fingerprint density at radius 1 is 0.900 bits per heavy atom. The molecule has 2 unspecified atom stereocenters. The van der Waals surface area contributed by atoms with Gasteiger partial charge in [-0.1, -0.05) is 51.9 Å². The summed E-state index contributed by atoms with van der Waals surface area (Å²) in [4.78, 5) is 11.2. The first-order chi connectivity index (χ1) is 9.77. The van der Waals surface area contributed by atoms with E-state index in [4.69, 9.17) is 9.47 Å². The van der Waals surface area contributed by atoms with Crippen molar-refractivity contribution in [3.63, 3.8) is 0 Å². The van der Waals surface area contributed by atoms with E-state index in [2.05, 4.69) is 6.92 Å². The minimum absolute atomic E-state index is 0.0724. The van der Waals surface area contributed by atoms with E-state index >= 15 is 0 Å². The average molecular weight is 284 g/mol. The summed E-state index contributed by atoms with van der Waals surface area (Å²) in [5.41, 5.74) is 0. The summed E-state index contributed by atoms with van der Waals surface area (Å²) >= 11 is 0. The van der Waals surface area contributed by atoms with Crippen molar-refractivity contribution in [3.8, 4) is 0 Å². The molecule has 0 saturated carbocycles. The molecule has 1 aliphatic heterocycles. The lowest BCUT2D eigenvalue weighted by Gasteiger charge is -2.00. The summed E-state index contributed by atoms with van der Waals surface area (Å²) in [5, 5.41) is 0. The van der Waals surface area contributed by atoms with Gasteiger partial charge < -0.3 is 9.47 Å². The first kappa shape index (κ1) is 17.5. The predicted molar refractivity (Wildman–Crippen MR) is 81.8 cm³/mol. The van der Waals surface area contributed by atoms with Gasteiger partial charge in [-0.2, -0.15) is 0 Å². The van der Waals surface area contributed by atoms with E-state index in [-0.39, 0.29) is 5.97 Å². The van der Waals surface area contributed by atoms with Crippen LogP contribution in [0.5, 0.6) is 0 Å². The number of hydrogen-bond acceptors (Lipinski definition) is 3. The minimum Gasteiger partial charge on any atom is -0.466 e. The maximum Gasteiger partial charge on any atom is 0.305 e. The molecule has 1 aliphatic rings. The van der Waals surface area contributed by atoms with Gasteiger partial charge in [-0.3, -0.25) is 4.79 Å². The molecule has 1 rings (SSSR count). The normalized spacial score (nSPS) is 20.9. The summed E-state index contributed by atoms with van der Waals surface area (Å²) in [6.07, 6.45) is 14.1. The highest BCUT2D eigenvalue weighted by Gasteiger charge is 2.37. The molecule has 1 saturated heterocycles. The maximum atomic E-state index is 11.2. The smallest absolute Gasteiger partial charge is 0.305 e. The van der Waals surface area contributed by atoms with Gasteiger partial charge in [0.25, 0.3) is 0 Å². The van der Waals surface area contributed by atoms with Crippen LogP contribution >= 0.6 is 0 Å². The molecule has 0 aromatic heterocycles. The molecule has 3 heteroatoms. The molecule has 0 aromatic rings. The molecular formula is C17H32O3. The summed E-state index contributed by atoms with van der Waals surface area (Å²) in [6, 6.07) is 0. The molecule has 1 heterocycles. The van der Waals surface area contributed by atoms with Crippen LogP contribution in [0.4, 0.5) is 0 Å². The summed E-state index contributed by atoms with van der Waals surface area (Å²) in [5.74, 6) is -0.0724. The minimum atomic E-state index is -0.0724. The molecule has 3 nitrogen and oxygen atoms in total. The van der Waals surface area contributed by atoms with Crippen molar-refractivity contribution in [2.45, 2.75) is 96.7 Å². The fourth-order valence-corrected chi connectivity index (χ4v) is 2.67. The third kappa shape index (κ3) is 8.57. The SMILES string of the molecule is CCCCCCCCCC1OC1CCCC(=O)OCC. The highest BCUT2D eigenvalue weighted by Crippen LogP contribution is 2.31. The Morgan fingerprint density at radius 3 is 2.15 bits per heavy atom. The number of ether oxygens (including phenoxy) is 2. The van der Waals surface area contributed by atoms with Crippen LogP contribution < -0.4 is 0 Å². The second-order valence-electron chi connectivity index (χ2n) is 5.82. The Morgan fingerprint density at radius 2 is 1.50 bits per heavy atom. The fourth-order valence-electron chi connectivity index (χ4n) is 2.67. The maximum absolute atomic E-state index is 11.2. The summed E-state index contributed by atoms with van der Waals surface area (Å²) < 4.78 is 10.6. The predicted octanol–water partition coefficient (Wildman–Crippen LogP) is 4.63. The monoisotopic (exact) mass is 284 g/mol. The van der Waals surface area contributed by atoms with Gasteiger partial charge in [0.05, 0.1) is 18.8 Å². The van der Waals surface area contributed by atoms with Crippen molar-refractivity contribution in [2.75, 3.05) is 6.61 Å². The number of carbonyl (C=O) groups is 1. The van der Waals surface area contributed by atoms with Crippen LogP contribution in [-0.4, -0.2) is 24.8 Å². The van der Waals surface area contributed by atoms with Crippen molar-refractivity contribution in [2.24, 2.45) is 0 Å². The third-order valence-electron chi connectivity index (χ3n) is 3.95. The van der Waals surface area contributed by atoms with Crippen LogP contribution in [0.2, 0.25) is 0 Å². The van der Waals surface area contributed by atoms with Crippen molar-refractivity contribution in [3.05, 3.63) is 0 Å². The van der Waals surface area contributed by atoms with Crippen LogP contribution in [0.1, 0.15) is 84.5 Å². The summed E-state index contributed by atoms with van der Waals surface area (Å²) in [6.45, 7) is 4.59. The molecule has 2 atom stereocenters. The van der Waals surface area contributed by atoms with Crippen molar-refractivity contribution < 1.29 is 14.3 Å². The number of carbonyl (C=O) groups excluding carboxylic acids is 1. The first-order valence-electron chi connectivity index (χ1n) is 8.59. The van der Waals surface area contributed by atoms with E-state index < -0.39 is 0 Å². The lowest BCUT2D eigenvalue weighted by molar-refractivity contribution is -0.143. The average Bonchev–Trinajstić information content (AvgIpc) is 3.17. The lowest BCUT2D eigenvalue weighted by Crippen LogP contribution is -2.04. The number of unbranched alkanes of at least 4 members (excludes halogenated alkanes) is 6. The number of epoxide rings is 1.